The fourth-order valence-electron chi connectivity index (χ4n) is 2.23. The van der Waals surface area contributed by atoms with Crippen molar-refractivity contribution in [2.24, 2.45) is 5.92 Å². The van der Waals surface area contributed by atoms with Gasteiger partial charge in [-0.05, 0) is 18.8 Å². The number of aromatic nitrogens is 2. The number of amides is 1. The summed E-state index contributed by atoms with van der Waals surface area (Å²) in [7, 11) is 0. The average molecular weight is 262 g/mol. The summed E-state index contributed by atoms with van der Waals surface area (Å²) in [5.74, 6) is 1.05. The number of carbonyl (C=O) groups excluding carboxylic acids is 1. The summed E-state index contributed by atoms with van der Waals surface area (Å²) in [6.45, 7) is 4.79. The van der Waals surface area contributed by atoms with Crippen LogP contribution in [-0.2, 0) is 0 Å². The first kappa shape index (κ1) is 13.8. The lowest BCUT2D eigenvalue weighted by atomic mass is 10.2. The lowest BCUT2D eigenvalue weighted by Crippen LogP contribution is -2.28. The lowest BCUT2D eigenvalue weighted by Gasteiger charge is -2.13. The molecule has 1 saturated carbocycles. The van der Waals surface area contributed by atoms with Crippen LogP contribution >= 0.6 is 0 Å². The fourth-order valence-corrected chi connectivity index (χ4v) is 2.23. The van der Waals surface area contributed by atoms with Gasteiger partial charge in [-0.15, -0.1) is 0 Å². The second-order valence-corrected chi connectivity index (χ2v) is 5.52. The molecule has 0 aliphatic heterocycles. The smallest absolute Gasteiger partial charge is 0.270 e. The highest BCUT2D eigenvalue weighted by Crippen LogP contribution is 2.21. The molecule has 0 radical (unpaired) electrons. The Hall–Kier alpha value is -1.65. The lowest BCUT2D eigenvalue weighted by molar-refractivity contribution is 0.0944. The Bertz CT molecular complexity index is 427. The summed E-state index contributed by atoms with van der Waals surface area (Å²) in [6.07, 6.45) is 6.34. The first-order valence-corrected chi connectivity index (χ1v) is 7.02. The second kappa shape index (κ2) is 6.50. The van der Waals surface area contributed by atoms with Crippen LogP contribution in [0.25, 0.3) is 0 Å². The van der Waals surface area contributed by atoms with E-state index in [9.17, 15) is 4.79 Å². The highest BCUT2D eigenvalue weighted by atomic mass is 16.1. The minimum Gasteiger partial charge on any atom is -0.367 e. The number of anilines is 1. The first-order chi connectivity index (χ1) is 9.15. The van der Waals surface area contributed by atoms with Gasteiger partial charge >= 0.3 is 0 Å². The van der Waals surface area contributed by atoms with Crippen LogP contribution in [0, 0.1) is 5.92 Å². The van der Waals surface area contributed by atoms with Gasteiger partial charge in [-0.3, -0.25) is 4.79 Å². The standard InChI is InChI=1S/C14H22N4O/c1-10(2)8-15-14(19)12-7-13(17-9-16-12)18-11-5-3-4-6-11/h7,9-11H,3-6,8H2,1-2H3,(H,15,19)(H,16,17,18). The van der Waals surface area contributed by atoms with Gasteiger partial charge in [0.25, 0.3) is 5.91 Å². The Morgan fingerprint density at radius 2 is 2.11 bits per heavy atom. The number of rotatable bonds is 5. The van der Waals surface area contributed by atoms with E-state index in [1.165, 1.54) is 32.0 Å². The third-order valence-corrected chi connectivity index (χ3v) is 3.28. The molecule has 104 valence electrons. The van der Waals surface area contributed by atoms with Crippen LogP contribution in [0.2, 0.25) is 0 Å². The van der Waals surface area contributed by atoms with Crippen molar-refractivity contribution >= 4 is 11.7 Å². The molecule has 1 fully saturated rings. The summed E-state index contributed by atoms with van der Waals surface area (Å²) in [6, 6.07) is 2.22. The molecule has 0 unspecified atom stereocenters. The summed E-state index contributed by atoms with van der Waals surface area (Å²) < 4.78 is 0. The molecule has 5 nitrogen and oxygen atoms in total. The maximum atomic E-state index is 11.9. The van der Waals surface area contributed by atoms with E-state index in [4.69, 9.17) is 0 Å². The van der Waals surface area contributed by atoms with Gasteiger partial charge in [0, 0.05) is 18.7 Å². The van der Waals surface area contributed by atoms with Crippen molar-refractivity contribution in [3.05, 3.63) is 18.1 Å². The van der Waals surface area contributed by atoms with Crippen molar-refractivity contribution in [2.75, 3.05) is 11.9 Å². The third kappa shape index (κ3) is 4.19. The van der Waals surface area contributed by atoms with E-state index in [-0.39, 0.29) is 5.91 Å². The second-order valence-electron chi connectivity index (χ2n) is 5.52. The first-order valence-electron chi connectivity index (χ1n) is 7.02. The molecule has 1 amide bonds. The van der Waals surface area contributed by atoms with E-state index < -0.39 is 0 Å². The molecule has 0 bridgehead atoms. The van der Waals surface area contributed by atoms with Gasteiger partial charge < -0.3 is 10.6 Å². The molecule has 1 heterocycles. The van der Waals surface area contributed by atoms with E-state index in [0.29, 0.717) is 24.2 Å². The normalized spacial score (nSPS) is 15.7. The monoisotopic (exact) mass is 262 g/mol. The van der Waals surface area contributed by atoms with Gasteiger partial charge in [-0.25, -0.2) is 9.97 Å². The van der Waals surface area contributed by atoms with Crippen LogP contribution in [0.15, 0.2) is 12.4 Å². The zero-order valence-corrected chi connectivity index (χ0v) is 11.6. The topological polar surface area (TPSA) is 66.9 Å². The van der Waals surface area contributed by atoms with Crippen LogP contribution in [0.4, 0.5) is 5.82 Å². The summed E-state index contributed by atoms with van der Waals surface area (Å²) >= 11 is 0. The Labute approximate surface area is 114 Å². The SMILES string of the molecule is CC(C)CNC(=O)c1cc(NC2CCCC2)ncn1. The molecule has 1 aliphatic rings. The summed E-state index contributed by atoms with van der Waals surface area (Å²) in [4.78, 5) is 20.1. The van der Waals surface area contributed by atoms with Crippen LogP contribution < -0.4 is 10.6 Å². The zero-order valence-electron chi connectivity index (χ0n) is 11.6. The summed E-state index contributed by atoms with van der Waals surface area (Å²) in [5.41, 5.74) is 0.427. The highest BCUT2D eigenvalue weighted by Gasteiger charge is 2.16. The molecule has 0 spiro atoms. The minimum absolute atomic E-state index is 0.134. The van der Waals surface area contributed by atoms with Gasteiger partial charge in [-0.1, -0.05) is 26.7 Å². The number of hydrogen-bond donors (Lipinski definition) is 2. The molecule has 2 N–H and O–H groups in total. The van der Waals surface area contributed by atoms with E-state index in [2.05, 4.69) is 34.4 Å². The quantitative estimate of drug-likeness (QED) is 0.854. The van der Waals surface area contributed by atoms with Crippen molar-refractivity contribution in [3.8, 4) is 0 Å². The molecule has 1 aliphatic carbocycles. The Morgan fingerprint density at radius 3 is 2.79 bits per heavy atom. The van der Waals surface area contributed by atoms with Crippen molar-refractivity contribution in [3.63, 3.8) is 0 Å². The molecular weight excluding hydrogens is 240 g/mol. The van der Waals surface area contributed by atoms with Crippen LogP contribution in [0.3, 0.4) is 0 Å². The Balaban J connectivity index is 1.95. The molecule has 1 aromatic rings. The van der Waals surface area contributed by atoms with E-state index in [0.717, 1.165) is 5.82 Å². The predicted molar refractivity (Wildman–Crippen MR) is 75.1 cm³/mol. The average Bonchev–Trinajstić information content (AvgIpc) is 2.89. The van der Waals surface area contributed by atoms with Gasteiger partial charge in [0.05, 0.1) is 0 Å². The molecular formula is C14H22N4O. The van der Waals surface area contributed by atoms with E-state index in [1.54, 1.807) is 6.07 Å². The third-order valence-electron chi connectivity index (χ3n) is 3.28. The molecule has 5 heteroatoms. The van der Waals surface area contributed by atoms with Crippen molar-refractivity contribution in [1.82, 2.24) is 15.3 Å². The van der Waals surface area contributed by atoms with Crippen LogP contribution in [-0.4, -0.2) is 28.5 Å². The van der Waals surface area contributed by atoms with E-state index >= 15 is 0 Å². The predicted octanol–water partition coefficient (Wildman–Crippen LogP) is 2.22. The van der Waals surface area contributed by atoms with Crippen LogP contribution in [0.5, 0.6) is 0 Å². The molecule has 0 aromatic carbocycles. The minimum atomic E-state index is -0.134. The molecule has 19 heavy (non-hydrogen) atoms. The van der Waals surface area contributed by atoms with Gasteiger partial charge in [0.2, 0.25) is 0 Å². The molecule has 0 saturated heterocycles. The fraction of sp³-hybridized carbons (Fsp3) is 0.643. The largest absolute Gasteiger partial charge is 0.367 e. The van der Waals surface area contributed by atoms with Gasteiger partial charge in [0.15, 0.2) is 0 Å². The van der Waals surface area contributed by atoms with Crippen molar-refractivity contribution in [1.29, 1.82) is 0 Å². The number of nitrogens with zero attached hydrogens (tertiary/aromatic N) is 2. The zero-order chi connectivity index (χ0) is 13.7. The summed E-state index contributed by atoms with van der Waals surface area (Å²) in [5, 5.41) is 6.23. The van der Waals surface area contributed by atoms with Crippen LogP contribution in [0.1, 0.15) is 50.0 Å². The maximum absolute atomic E-state index is 11.9. The number of nitrogens with one attached hydrogen (secondary N) is 2. The highest BCUT2D eigenvalue weighted by molar-refractivity contribution is 5.92. The van der Waals surface area contributed by atoms with E-state index in [1.807, 2.05) is 0 Å². The Kier molecular flexibility index (Phi) is 4.71. The van der Waals surface area contributed by atoms with Gasteiger partial charge in [-0.2, -0.15) is 0 Å². The van der Waals surface area contributed by atoms with Crippen molar-refractivity contribution < 1.29 is 4.79 Å². The molecule has 0 atom stereocenters. The number of carbonyl (C=O) groups is 1. The maximum Gasteiger partial charge on any atom is 0.270 e. The number of hydrogen-bond acceptors (Lipinski definition) is 4. The van der Waals surface area contributed by atoms with Crippen molar-refractivity contribution in [2.45, 2.75) is 45.6 Å². The molecule has 2 rings (SSSR count). The molecule has 1 aromatic heterocycles. The van der Waals surface area contributed by atoms with Gasteiger partial charge in [0.1, 0.15) is 17.8 Å². The Morgan fingerprint density at radius 1 is 1.37 bits per heavy atom.